The molecule has 0 atom stereocenters. The van der Waals surface area contributed by atoms with Gasteiger partial charge in [-0.1, -0.05) is 24.3 Å². The Morgan fingerprint density at radius 1 is 0.957 bits per heavy atom. The molecular weight excluding hydrogens is 290 g/mol. The molecule has 0 aliphatic heterocycles. The molecule has 0 unspecified atom stereocenters. The third-order valence-electron chi connectivity index (χ3n) is 3.79. The maximum Gasteiger partial charge on any atom is 0.272 e. The van der Waals surface area contributed by atoms with Crippen LogP contribution in [0.2, 0.25) is 0 Å². The first-order valence-electron chi connectivity index (χ1n) is 7.18. The van der Waals surface area contributed by atoms with Crippen LogP contribution in [-0.4, -0.2) is 14.8 Å². The van der Waals surface area contributed by atoms with E-state index in [2.05, 4.69) is 10.4 Å². The number of hydrogen-bond acceptors (Lipinski definition) is 4. The van der Waals surface area contributed by atoms with Crippen LogP contribution in [0.25, 0.3) is 21.7 Å². The molecule has 0 saturated heterocycles. The molecule has 0 saturated carbocycles. The van der Waals surface area contributed by atoms with Gasteiger partial charge in [0.15, 0.2) is 0 Å². The van der Waals surface area contributed by atoms with E-state index in [1.165, 1.54) is 6.07 Å². The van der Waals surface area contributed by atoms with Gasteiger partial charge in [0.1, 0.15) is 0 Å². The number of anilines is 1. The summed E-state index contributed by atoms with van der Waals surface area (Å²) in [4.78, 5) is 16.6. The molecule has 2 aromatic heterocycles. The molecule has 5 nitrogen and oxygen atoms in total. The second-order valence-corrected chi connectivity index (χ2v) is 5.22. The van der Waals surface area contributed by atoms with Gasteiger partial charge in [0.25, 0.3) is 5.56 Å². The SMILES string of the molecule is O=c1cc2ccccc2c(O)n1Nc1cccc2ncccc12. The van der Waals surface area contributed by atoms with E-state index in [-0.39, 0.29) is 11.4 Å². The lowest BCUT2D eigenvalue weighted by Gasteiger charge is -2.14. The molecule has 4 rings (SSSR count). The Labute approximate surface area is 131 Å². The summed E-state index contributed by atoms with van der Waals surface area (Å²) in [6.45, 7) is 0. The fourth-order valence-electron chi connectivity index (χ4n) is 2.68. The van der Waals surface area contributed by atoms with E-state index < -0.39 is 0 Å². The van der Waals surface area contributed by atoms with Crippen LogP contribution in [0.15, 0.2) is 71.7 Å². The Kier molecular flexibility index (Phi) is 2.98. The fraction of sp³-hybridized carbons (Fsp3) is 0. The summed E-state index contributed by atoms with van der Waals surface area (Å²) in [6, 6.07) is 18.0. The summed E-state index contributed by atoms with van der Waals surface area (Å²) in [5, 5.41) is 12.6. The van der Waals surface area contributed by atoms with Crippen molar-refractivity contribution in [3.63, 3.8) is 0 Å². The van der Waals surface area contributed by atoms with E-state index >= 15 is 0 Å². The summed E-state index contributed by atoms with van der Waals surface area (Å²) in [5.74, 6) is -0.117. The second kappa shape index (κ2) is 5.14. The number of pyridine rings is 2. The van der Waals surface area contributed by atoms with Crippen LogP contribution < -0.4 is 11.0 Å². The molecule has 0 fully saturated rings. The number of nitrogens with zero attached hydrogens (tertiary/aromatic N) is 2. The Morgan fingerprint density at radius 3 is 2.70 bits per heavy atom. The highest BCUT2D eigenvalue weighted by Gasteiger charge is 2.10. The predicted molar refractivity (Wildman–Crippen MR) is 90.6 cm³/mol. The normalized spacial score (nSPS) is 11.0. The minimum absolute atomic E-state index is 0.117. The quantitative estimate of drug-likeness (QED) is 0.597. The molecule has 5 heteroatoms. The van der Waals surface area contributed by atoms with Crippen LogP contribution in [0, 0.1) is 0 Å². The van der Waals surface area contributed by atoms with Crippen LogP contribution in [-0.2, 0) is 0 Å². The number of fused-ring (bicyclic) bond motifs is 2. The minimum Gasteiger partial charge on any atom is -0.493 e. The number of aromatic nitrogens is 2. The van der Waals surface area contributed by atoms with E-state index in [1.54, 1.807) is 18.3 Å². The molecule has 4 aromatic rings. The van der Waals surface area contributed by atoms with Gasteiger partial charge in [-0.2, -0.15) is 4.68 Å². The highest BCUT2D eigenvalue weighted by molar-refractivity contribution is 5.91. The van der Waals surface area contributed by atoms with Crippen molar-refractivity contribution < 1.29 is 5.11 Å². The average molecular weight is 303 g/mol. The maximum atomic E-state index is 12.3. The molecule has 0 spiro atoms. The fourth-order valence-corrected chi connectivity index (χ4v) is 2.68. The first-order chi connectivity index (χ1) is 11.2. The lowest BCUT2D eigenvalue weighted by molar-refractivity contribution is 0.435. The molecule has 0 amide bonds. The van der Waals surface area contributed by atoms with Crippen LogP contribution in [0.1, 0.15) is 0 Å². The lowest BCUT2D eigenvalue weighted by Crippen LogP contribution is -2.25. The highest BCUT2D eigenvalue weighted by Crippen LogP contribution is 2.25. The first kappa shape index (κ1) is 13.3. The largest absolute Gasteiger partial charge is 0.493 e. The van der Waals surface area contributed by atoms with Gasteiger partial charge < -0.3 is 5.11 Å². The molecule has 2 aromatic carbocycles. The topological polar surface area (TPSA) is 67.2 Å². The van der Waals surface area contributed by atoms with Gasteiger partial charge >= 0.3 is 0 Å². The molecule has 2 heterocycles. The van der Waals surface area contributed by atoms with Crippen LogP contribution in [0.3, 0.4) is 0 Å². The number of aromatic hydroxyl groups is 1. The van der Waals surface area contributed by atoms with E-state index in [1.807, 2.05) is 42.5 Å². The molecule has 112 valence electrons. The standard InChI is InChI=1S/C18H13N3O2/c22-17-11-12-5-1-2-6-13(12)18(23)21(17)20-16-9-3-8-15-14(16)7-4-10-19-15/h1-11,20,23H. The predicted octanol–water partition coefficient (Wildman–Crippen LogP) is 3.13. The monoisotopic (exact) mass is 303 g/mol. The molecule has 0 aliphatic carbocycles. The van der Waals surface area contributed by atoms with Gasteiger partial charge in [-0.3, -0.25) is 15.2 Å². The summed E-state index contributed by atoms with van der Waals surface area (Å²) < 4.78 is 1.14. The molecular formula is C18H13N3O2. The van der Waals surface area contributed by atoms with Gasteiger partial charge in [0, 0.05) is 23.0 Å². The number of benzene rings is 2. The Bertz CT molecular complexity index is 1080. The highest BCUT2D eigenvalue weighted by atomic mass is 16.3. The molecule has 23 heavy (non-hydrogen) atoms. The Morgan fingerprint density at radius 2 is 1.78 bits per heavy atom. The first-order valence-corrected chi connectivity index (χ1v) is 7.18. The Hall–Kier alpha value is -3.34. The van der Waals surface area contributed by atoms with Crippen LogP contribution in [0.4, 0.5) is 5.69 Å². The molecule has 0 bridgehead atoms. The average Bonchev–Trinajstić information content (AvgIpc) is 2.59. The summed E-state index contributed by atoms with van der Waals surface area (Å²) in [5.41, 5.74) is 4.17. The zero-order chi connectivity index (χ0) is 15.8. The zero-order valence-corrected chi connectivity index (χ0v) is 12.1. The molecule has 0 aliphatic rings. The van der Waals surface area contributed by atoms with Gasteiger partial charge in [-0.25, -0.2) is 0 Å². The summed E-state index contributed by atoms with van der Waals surface area (Å²) in [6.07, 6.45) is 1.71. The van der Waals surface area contributed by atoms with Crippen molar-refractivity contribution in [2.75, 3.05) is 5.43 Å². The van der Waals surface area contributed by atoms with Crippen molar-refractivity contribution in [3.8, 4) is 5.88 Å². The summed E-state index contributed by atoms with van der Waals surface area (Å²) >= 11 is 0. The third-order valence-corrected chi connectivity index (χ3v) is 3.79. The van der Waals surface area contributed by atoms with E-state index in [0.29, 0.717) is 16.5 Å². The third kappa shape index (κ3) is 2.19. The smallest absolute Gasteiger partial charge is 0.272 e. The Balaban J connectivity index is 1.91. The van der Waals surface area contributed by atoms with Crippen molar-refractivity contribution in [1.29, 1.82) is 0 Å². The molecule has 0 radical (unpaired) electrons. The van der Waals surface area contributed by atoms with E-state index in [9.17, 15) is 9.90 Å². The van der Waals surface area contributed by atoms with Gasteiger partial charge in [0.05, 0.1) is 11.2 Å². The molecule has 2 N–H and O–H groups in total. The van der Waals surface area contributed by atoms with Crippen molar-refractivity contribution in [2.45, 2.75) is 0 Å². The number of rotatable bonds is 2. The van der Waals surface area contributed by atoms with Crippen molar-refractivity contribution in [1.82, 2.24) is 9.66 Å². The maximum absolute atomic E-state index is 12.3. The summed E-state index contributed by atoms with van der Waals surface area (Å²) in [7, 11) is 0. The van der Waals surface area contributed by atoms with E-state index in [0.717, 1.165) is 15.6 Å². The van der Waals surface area contributed by atoms with Crippen LogP contribution >= 0.6 is 0 Å². The van der Waals surface area contributed by atoms with Crippen molar-refractivity contribution >= 4 is 27.4 Å². The number of nitrogens with one attached hydrogen (secondary N) is 1. The number of hydrogen-bond donors (Lipinski definition) is 2. The van der Waals surface area contributed by atoms with E-state index in [4.69, 9.17) is 0 Å². The minimum atomic E-state index is -0.331. The van der Waals surface area contributed by atoms with Crippen LogP contribution in [0.5, 0.6) is 5.88 Å². The van der Waals surface area contributed by atoms with Gasteiger partial charge in [0.2, 0.25) is 5.88 Å². The second-order valence-electron chi connectivity index (χ2n) is 5.22. The van der Waals surface area contributed by atoms with Gasteiger partial charge in [-0.15, -0.1) is 0 Å². The lowest BCUT2D eigenvalue weighted by atomic mass is 10.1. The zero-order valence-electron chi connectivity index (χ0n) is 12.1. The van der Waals surface area contributed by atoms with Gasteiger partial charge in [-0.05, 0) is 35.7 Å². The van der Waals surface area contributed by atoms with Crippen molar-refractivity contribution in [3.05, 3.63) is 77.2 Å². The van der Waals surface area contributed by atoms with Crippen molar-refractivity contribution in [2.24, 2.45) is 0 Å².